The lowest BCUT2D eigenvalue weighted by Crippen LogP contribution is -2.24. The second-order valence-electron chi connectivity index (χ2n) is 5.09. The van der Waals surface area contributed by atoms with Crippen molar-refractivity contribution in [3.05, 3.63) is 59.9 Å². The van der Waals surface area contributed by atoms with Crippen molar-refractivity contribution < 1.29 is 4.39 Å². The van der Waals surface area contributed by atoms with Gasteiger partial charge in [0.1, 0.15) is 11.6 Å². The van der Waals surface area contributed by atoms with Crippen molar-refractivity contribution in [3.8, 4) is 0 Å². The van der Waals surface area contributed by atoms with Crippen LogP contribution in [-0.4, -0.2) is 16.3 Å². The fraction of sp³-hybridized carbons (Fsp3) is 0.188. The van der Waals surface area contributed by atoms with E-state index in [0.717, 1.165) is 35.2 Å². The van der Waals surface area contributed by atoms with Crippen LogP contribution in [-0.2, 0) is 0 Å². The van der Waals surface area contributed by atoms with E-state index in [1.54, 1.807) is 0 Å². The molecule has 0 fully saturated rings. The molecule has 0 saturated heterocycles. The fourth-order valence-corrected chi connectivity index (χ4v) is 2.89. The molecule has 3 nitrogen and oxygen atoms in total. The third kappa shape index (κ3) is 1.68. The number of benzene rings is 2. The molecule has 2 aromatic carbocycles. The van der Waals surface area contributed by atoms with Crippen molar-refractivity contribution >= 4 is 16.7 Å². The highest BCUT2D eigenvalue weighted by Gasteiger charge is 2.24. The molecule has 3 aromatic rings. The Bertz CT molecular complexity index is 761. The molecule has 20 heavy (non-hydrogen) atoms. The molecular weight excluding hydrogens is 253 g/mol. The van der Waals surface area contributed by atoms with Gasteiger partial charge in [0.2, 0.25) is 0 Å². The molecule has 1 aromatic heterocycles. The Hall–Kier alpha value is -2.36. The normalized spacial score (nSPS) is 17.8. The van der Waals surface area contributed by atoms with Crippen molar-refractivity contribution in [1.82, 2.24) is 9.78 Å². The minimum Gasteiger partial charge on any atom is -0.370 e. The van der Waals surface area contributed by atoms with E-state index in [4.69, 9.17) is 5.10 Å². The van der Waals surface area contributed by atoms with Gasteiger partial charge in [0.15, 0.2) is 0 Å². The van der Waals surface area contributed by atoms with Gasteiger partial charge in [-0.1, -0.05) is 24.3 Å². The first-order valence-electron chi connectivity index (χ1n) is 6.79. The number of aromatic nitrogens is 2. The number of hydrogen-bond acceptors (Lipinski definition) is 2. The van der Waals surface area contributed by atoms with E-state index in [1.165, 1.54) is 12.1 Å². The number of fused-ring (bicyclic) bond motifs is 3. The summed E-state index contributed by atoms with van der Waals surface area (Å²) in [5.41, 5.74) is 2.09. The summed E-state index contributed by atoms with van der Waals surface area (Å²) < 4.78 is 15.1. The first-order chi connectivity index (χ1) is 9.83. The largest absolute Gasteiger partial charge is 0.370 e. The van der Waals surface area contributed by atoms with E-state index in [2.05, 4.69) is 11.4 Å². The molecule has 0 bridgehead atoms. The van der Waals surface area contributed by atoms with Crippen molar-refractivity contribution in [2.75, 3.05) is 11.9 Å². The minimum absolute atomic E-state index is 0.166. The summed E-state index contributed by atoms with van der Waals surface area (Å²) in [6, 6.07) is 15.0. The third-order valence-electron chi connectivity index (χ3n) is 3.86. The van der Waals surface area contributed by atoms with Crippen LogP contribution in [0, 0.1) is 5.82 Å². The minimum atomic E-state index is -0.200. The molecule has 0 spiro atoms. The summed E-state index contributed by atoms with van der Waals surface area (Å²) in [4.78, 5) is 0. The van der Waals surface area contributed by atoms with E-state index in [1.807, 2.05) is 35.0 Å². The Kier molecular flexibility index (Phi) is 2.49. The second-order valence-corrected chi connectivity index (χ2v) is 5.09. The molecule has 1 aliphatic heterocycles. The Labute approximate surface area is 116 Å². The molecule has 4 heteroatoms. The molecule has 1 unspecified atom stereocenters. The summed E-state index contributed by atoms with van der Waals surface area (Å²) in [5.74, 6) is 0.856. The predicted molar refractivity (Wildman–Crippen MR) is 77.4 cm³/mol. The predicted octanol–water partition coefficient (Wildman–Crippen LogP) is 3.58. The maximum Gasteiger partial charge on any atom is 0.132 e. The van der Waals surface area contributed by atoms with E-state index >= 15 is 0 Å². The summed E-state index contributed by atoms with van der Waals surface area (Å²) >= 11 is 0. The molecule has 0 aliphatic carbocycles. The highest BCUT2D eigenvalue weighted by atomic mass is 19.1. The molecule has 4 rings (SSSR count). The van der Waals surface area contributed by atoms with Crippen LogP contribution < -0.4 is 5.32 Å². The molecule has 1 aliphatic rings. The molecule has 0 saturated carbocycles. The van der Waals surface area contributed by atoms with Gasteiger partial charge in [-0.05, 0) is 36.2 Å². The van der Waals surface area contributed by atoms with Crippen LogP contribution in [0.5, 0.6) is 0 Å². The Morgan fingerprint density at radius 1 is 1.10 bits per heavy atom. The summed E-state index contributed by atoms with van der Waals surface area (Å²) in [7, 11) is 0. The monoisotopic (exact) mass is 267 g/mol. The summed E-state index contributed by atoms with van der Waals surface area (Å²) in [6.45, 7) is 0.901. The van der Waals surface area contributed by atoms with Gasteiger partial charge in [-0.2, -0.15) is 5.10 Å². The molecular formula is C16H14FN3. The third-order valence-corrected chi connectivity index (χ3v) is 3.86. The van der Waals surface area contributed by atoms with Crippen molar-refractivity contribution in [3.63, 3.8) is 0 Å². The maximum absolute atomic E-state index is 13.1. The van der Waals surface area contributed by atoms with Crippen LogP contribution in [0.3, 0.4) is 0 Å². The van der Waals surface area contributed by atoms with Crippen LogP contribution in [0.2, 0.25) is 0 Å². The van der Waals surface area contributed by atoms with E-state index < -0.39 is 0 Å². The van der Waals surface area contributed by atoms with Crippen molar-refractivity contribution in [1.29, 1.82) is 0 Å². The lowest BCUT2D eigenvalue weighted by Gasteiger charge is -2.26. The second kappa shape index (κ2) is 4.34. The number of nitrogens with one attached hydrogen (secondary N) is 1. The number of nitrogens with zero attached hydrogens (tertiary/aromatic N) is 2. The molecule has 0 radical (unpaired) electrons. The van der Waals surface area contributed by atoms with E-state index in [0.29, 0.717) is 0 Å². The molecule has 0 amide bonds. The van der Waals surface area contributed by atoms with E-state index in [9.17, 15) is 4.39 Å². The van der Waals surface area contributed by atoms with Gasteiger partial charge in [-0.15, -0.1) is 0 Å². The van der Waals surface area contributed by atoms with Gasteiger partial charge >= 0.3 is 0 Å². The van der Waals surface area contributed by atoms with Gasteiger partial charge in [-0.25, -0.2) is 9.07 Å². The summed E-state index contributed by atoms with van der Waals surface area (Å²) in [6.07, 6.45) is 0.951. The van der Waals surface area contributed by atoms with Gasteiger partial charge in [0.05, 0.1) is 11.6 Å². The van der Waals surface area contributed by atoms with Crippen LogP contribution in [0.1, 0.15) is 18.0 Å². The number of hydrogen-bond donors (Lipinski definition) is 1. The first-order valence-corrected chi connectivity index (χ1v) is 6.79. The molecule has 100 valence electrons. The average Bonchev–Trinajstić information content (AvgIpc) is 2.87. The van der Waals surface area contributed by atoms with Crippen molar-refractivity contribution in [2.24, 2.45) is 0 Å². The van der Waals surface area contributed by atoms with Crippen molar-refractivity contribution in [2.45, 2.75) is 12.5 Å². The Balaban J connectivity index is 1.87. The molecule has 1 N–H and O–H groups in total. The van der Waals surface area contributed by atoms with Gasteiger partial charge in [-0.3, -0.25) is 0 Å². The fourth-order valence-electron chi connectivity index (χ4n) is 2.89. The summed E-state index contributed by atoms with van der Waals surface area (Å²) in [5, 5.41) is 9.26. The first kappa shape index (κ1) is 11.5. The van der Waals surface area contributed by atoms with Crippen LogP contribution in [0.4, 0.5) is 10.2 Å². The highest BCUT2D eigenvalue weighted by molar-refractivity contribution is 5.90. The number of rotatable bonds is 1. The topological polar surface area (TPSA) is 29.9 Å². The van der Waals surface area contributed by atoms with Gasteiger partial charge in [0, 0.05) is 11.9 Å². The standard InChI is InChI=1S/C16H14FN3/c17-12-7-5-11(6-8-12)15-9-10-18-16-13-3-1-2-4-14(13)19-20(15)16/h1-8,15,18H,9-10H2. The van der Waals surface area contributed by atoms with Gasteiger partial charge < -0.3 is 5.32 Å². The number of anilines is 1. The van der Waals surface area contributed by atoms with Gasteiger partial charge in [0.25, 0.3) is 0 Å². The highest BCUT2D eigenvalue weighted by Crippen LogP contribution is 2.34. The molecule has 2 heterocycles. The van der Waals surface area contributed by atoms with E-state index in [-0.39, 0.29) is 11.9 Å². The lowest BCUT2D eigenvalue weighted by atomic mass is 10.0. The quantitative estimate of drug-likeness (QED) is 0.730. The zero-order valence-corrected chi connectivity index (χ0v) is 10.9. The molecule has 1 atom stereocenters. The van der Waals surface area contributed by atoms with Crippen LogP contribution >= 0.6 is 0 Å². The van der Waals surface area contributed by atoms with Crippen LogP contribution in [0.15, 0.2) is 48.5 Å². The Morgan fingerprint density at radius 2 is 1.90 bits per heavy atom. The smallest absolute Gasteiger partial charge is 0.132 e. The number of halogens is 1. The zero-order valence-electron chi connectivity index (χ0n) is 10.9. The Morgan fingerprint density at radius 3 is 2.75 bits per heavy atom. The van der Waals surface area contributed by atoms with Crippen LogP contribution in [0.25, 0.3) is 10.9 Å². The SMILES string of the molecule is Fc1ccc(C2CCNc3c4ccccc4nn32)cc1. The lowest BCUT2D eigenvalue weighted by molar-refractivity contribution is 0.484. The average molecular weight is 267 g/mol. The zero-order chi connectivity index (χ0) is 13.5. The maximum atomic E-state index is 13.1.